The molecule has 0 amide bonds. The summed E-state index contributed by atoms with van der Waals surface area (Å²) < 4.78 is 28.1. The minimum Gasteiger partial charge on any atom is -0.391 e. The number of aliphatic hydroxyl groups excluding tert-OH is 1. The molecule has 0 unspecified atom stereocenters. The average Bonchev–Trinajstić information content (AvgIpc) is 3.04. The molecule has 0 radical (unpaired) electrons. The highest BCUT2D eigenvalue weighted by Gasteiger charge is 2.33. The van der Waals surface area contributed by atoms with E-state index in [1.165, 1.54) is 30.2 Å². The first-order valence-electron chi connectivity index (χ1n) is 6.81. The number of sulfonamides is 1. The summed E-state index contributed by atoms with van der Waals surface area (Å²) in [7, 11) is -3.51. The standard InChI is InChI=1S/C13H20BrNO3S2/c1-2-13(5-3-4-6-13)9-15-20(17,18)11-7-10(8-16)19-12(11)14/h7,15-16H,2-6,8-9H2,1H3. The highest BCUT2D eigenvalue weighted by molar-refractivity contribution is 9.11. The Hall–Kier alpha value is 0.0500. The highest BCUT2D eigenvalue weighted by Crippen LogP contribution is 2.41. The van der Waals surface area contributed by atoms with E-state index in [0.717, 1.165) is 19.3 Å². The average molecular weight is 382 g/mol. The molecule has 2 rings (SSSR count). The lowest BCUT2D eigenvalue weighted by molar-refractivity contribution is 0.285. The molecule has 0 aliphatic heterocycles. The molecule has 1 aromatic heterocycles. The second-order valence-corrected chi connectivity index (χ2v) is 9.58. The first-order chi connectivity index (χ1) is 9.42. The van der Waals surface area contributed by atoms with Gasteiger partial charge in [0.1, 0.15) is 4.90 Å². The zero-order valence-corrected chi connectivity index (χ0v) is 14.7. The molecule has 0 bridgehead atoms. The largest absolute Gasteiger partial charge is 0.391 e. The van der Waals surface area contributed by atoms with Crippen LogP contribution in [0.2, 0.25) is 0 Å². The summed E-state index contributed by atoms with van der Waals surface area (Å²) in [5.74, 6) is 0. The predicted octanol–water partition coefficient (Wildman–Crippen LogP) is 3.25. The van der Waals surface area contributed by atoms with Gasteiger partial charge in [-0.3, -0.25) is 0 Å². The third kappa shape index (κ3) is 3.44. The van der Waals surface area contributed by atoms with Crippen LogP contribution in [0, 0.1) is 5.41 Å². The Morgan fingerprint density at radius 2 is 2.10 bits per heavy atom. The van der Waals surface area contributed by atoms with E-state index < -0.39 is 10.0 Å². The Kier molecular flexibility index (Phi) is 5.29. The summed E-state index contributed by atoms with van der Waals surface area (Å²) in [6.45, 7) is 2.49. The maximum absolute atomic E-state index is 12.4. The second kappa shape index (κ2) is 6.44. The van der Waals surface area contributed by atoms with Gasteiger partial charge >= 0.3 is 0 Å². The summed E-state index contributed by atoms with van der Waals surface area (Å²) in [5, 5.41) is 9.10. The molecule has 0 aromatic carbocycles. The molecule has 7 heteroatoms. The Bertz CT molecular complexity index is 562. The van der Waals surface area contributed by atoms with Gasteiger partial charge in [-0.2, -0.15) is 0 Å². The van der Waals surface area contributed by atoms with Gasteiger partial charge in [0.25, 0.3) is 0 Å². The summed E-state index contributed by atoms with van der Waals surface area (Å²) in [4.78, 5) is 0.874. The van der Waals surface area contributed by atoms with Crippen molar-refractivity contribution < 1.29 is 13.5 Å². The van der Waals surface area contributed by atoms with Gasteiger partial charge in [-0.25, -0.2) is 13.1 Å². The number of halogens is 1. The molecule has 1 fully saturated rings. The van der Waals surface area contributed by atoms with Crippen LogP contribution in [0.15, 0.2) is 14.7 Å². The molecule has 1 aliphatic carbocycles. The van der Waals surface area contributed by atoms with Crippen LogP contribution in [-0.4, -0.2) is 20.1 Å². The summed E-state index contributed by atoms with van der Waals surface area (Å²) in [6, 6.07) is 1.53. The molecule has 1 aromatic rings. The number of hydrogen-bond acceptors (Lipinski definition) is 4. The topological polar surface area (TPSA) is 66.4 Å². The van der Waals surface area contributed by atoms with E-state index in [0.29, 0.717) is 15.2 Å². The summed E-state index contributed by atoms with van der Waals surface area (Å²) >= 11 is 4.52. The summed E-state index contributed by atoms with van der Waals surface area (Å²) in [5.41, 5.74) is 0.120. The molecule has 4 nitrogen and oxygen atoms in total. The summed E-state index contributed by atoms with van der Waals surface area (Å²) in [6.07, 6.45) is 5.57. The Balaban J connectivity index is 2.12. The van der Waals surface area contributed by atoms with E-state index in [-0.39, 0.29) is 16.9 Å². The molecule has 1 aliphatic rings. The van der Waals surface area contributed by atoms with Crippen LogP contribution >= 0.6 is 27.3 Å². The molecular formula is C13H20BrNO3S2. The van der Waals surface area contributed by atoms with Crippen molar-refractivity contribution in [2.24, 2.45) is 5.41 Å². The van der Waals surface area contributed by atoms with E-state index in [4.69, 9.17) is 5.11 Å². The quantitative estimate of drug-likeness (QED) is 0.794. The van der Waals surface area contributed by atoms with E-state index >= 15 is 0 Å². The Morgan fingerprint density at radius 1 is 1.45 bits per heavy atom. The monoisotopic (exact) mass is 381 g/mol. The first kappa shape index (κ1) is 16.4. The van der Waals surface area contributed by atoms with Crippen LogP contribution in [0.25, 0.3) is 0 Å². The lowest BCUT2D eigenvalue weighted by Crippen LogP contribution is -2.35. The minimum atomic E-state index is -3.51. The minimum absolute atomic E-state index is 0.120. The fraction of sp³-hybridized carbons (Fsp3) is 0.692. The van der Waals surface area contributed by atoms with Crippen molar-refractivity contribution in [1.82, 2.24) is 4.72 Å². The van der Waals surface area contributed by atoms with E-state index in [1.807, 2.05) is 0 Å². The lowest BCUT2D eigenvalue weighted by atomic mass is 9.84. The number of nitrogens with one attached hydrogen (secondary N) is 1. The number of rotatable bonds is 6. The third-order valence-corrected chi connectivity index (χ3v) is 7.84. The van der Waals surface area contributed by atoms with Gasteiger partial charge in [0.05, 0.1) is 10.4 Å². The van der Waals surface area contributed by atoms with Crippen molar-refractivity contribution >= 4 is 37.3 Å². The third-order valence-electron chi connectivity index (χ3n) is 4.20. The fourth-order valence-electron chi connectivity index (χ4n) is 2.77. The molecule has 0 saturated heterocycles. The van der Waals surface area contributed by atoms with Crippen molar-refractivity contribution in [3.63, 3.8) is 0 Å². The van der Waals surface area contributed by atoms with Crippen LogP contribution in [0.4, 0.5) is 0 Å². The van der Waals surface area contributed by atoms with E-state index in [1.54, 1.807) is 0 Å². The zero-order chi connectivity index (χ0) is 14.8. The molecule has 2 N–H and O–H groups in total. The van der Waals surface area contributed by atoms with Gasteiger partial charge in [-0.05, 0) is 46.7 Å². The van der Waals surface area contributed by atoms with Crippen molar-refractivity contribution in [3.8, 4) is 0 Å². The lowest BCUT2D eigenvalue weighted by Gasteiger charge is -2.27. The number of hydrogen-bond donors (Lipinski definition) is 2. The van der Waals surface area contributed by atoms with Crippen LogP contribution in [0.3, 0.4) is 0 Å². The van der Waals surface area contributed by atoms with E-state index in [2.05, 4.69) is 27.6 Å². The van der Waals surface area contributed by atoms with Crippen LogP contribution in [0.5, 0.6) is 0 Å². The molecule has 114 valence electrons. The molecular weight excluding hydrogens is 362 g/mol. The van der Waals surface area contributed by atoms with Gasteiger partial charge in [0.2, 0.25) is 10.0 Å². The van der Waals surface area contributed by atoms with Crippen LogP contribution in [-0.2, 0) is 16.6 Å². The van der Waals surface area contributed by atoms with Gasteiger partial charge in [-0.1, -0.05) is 19.8 Å². The maximum Gasteiger partial charge on any atom is 0.242 e. The normalized spacial score (nSPS) is 18.6. The first-order valence-corrected chi connectivity index (χ1v) is 9.90. The molecule has 20 heavy (non-hydrogen) atoms. The number of thiophene rings is 1. The van der Waals surface area contributed by atoms with Gasteiger partial charge < -0.3 is 5.11 Å². The second-order valence-electron chi connectivity index (χ2n) is 5.39. The van der Waals surface area contributed by atoms with Crippen molar-refractivity contribution in [2.45, 2.75) is 50.5 Å². The molecule has 1 heterocycles. The zero-order valence-electron chi connectivity index (χ0n) is 11.5. The van der Waals surface area contributed by atoms with Crippen LogP contribution in [0.1, 0.15) is 43.9 Å². The molecule has 1 saturated carbocycles. The van der Waals surface area contributed by atoms with Gasteiger partial charge in [0, 0.05) is 11.4 Å². The SMILES string of the molecule is CCC1(CNS(=O)(=O)c2cc(CO)sc2Br)CCCC1. The van der Waals surface area contributed by atoms with E-state index in [9.17, 15) is 8.42 Å². The maximum atomic E-state index is 12.4. The predicted molar refractivity (Wildman–Crippen MR) is 84.3 cm³/mol. The van der Waals surface area contributed by atoms with Crippen LogP contribution < -0.4 is 4.72 Å². The molecule has 0 atom stereocenters. The van der Waals surface area contributed by atoms with Crippen molar-refractivity contribution in [3.05, 3.63) is 14.7 Å². The Morgan fingerprint density at radius 3 is 2.60 bits per heavy atom. The highest BCUT2D eigenvalue weighted by atomic mass is 79.9. The van der Waals surface area contributed by atoms with Crippen molar-refractivity contribution in [2.75, 3.05) is 6.54 Å². The fourth-order valence-corrected chi connectivity index (χ4v) is 6.46. The smallest absolute Gasteiger partial charge is 0.242 e. The van der Waals surface area contributed by atoms with Gasteiger partial charge in [-0.15, -0.1) is 11.3 Å². The van der Waals surface area contributed by atoms with Crippen molar-refractivity contribution in [1.29, 1.82) is 0 Å². The Labute approximate surface area is 132 Å². The molecule has 0 spiro atoms. The van der Waals surface area contributed by atoms with Gasteiger partial charge in [0.15, 0.2) is 0 Å². The number of aliphatic hydroxyl groups is 1.